The first kappa shape index (κ1) is 9.97. The predicted molar refractivity (Wildman–Crippen MR) is 61.3 cm³/mol. The van der Waals surface area contributed by atoms with Gasteiger partial charge in [0, 0.05) is 5.41 Å². The molecular formula is C13H21N. The summed E-state index contributed by atoms with van der Waals surface area (Å²) in [6, 6.07) is 0. The summed E-state index contributed by atoms with van der Waals surface area (Å²) >= 11 is 0. The van der Waals surface area contributed by atoms with Crippen molar-refractivity contribution in [2.45, 2.75) is 33.1 Å². The van der Waals surface area contributed by atoms with Crippen LogP contribution in [0.25, 0.3) is 0 Å². The van der Waals surface area contributed by atoms with Gasteiger partial charge in [0.1, 0.15) is 0 Å². The quantitative estimate of drug-likeness (QED) is 0.532. The van der Waals surface area contributed by atoms with Crippen molar-refractivity contribution in [3.05, 3.63) is 23.3 Å². The Kier molecular flexibility index (Phi) is 2.52. The first-order valence-corrected chi connectivity index (χ1v) is 5.67. The molecule has 0 N–H and O–H groups in total. The van der Waals surface area contributed by atoms with E-state index in [4.69, 9.17) is 0 Å². The molecule has 2 aliphatic rings. The maximum Gasteiger partial charge on any atom is 0.0115 e. The van der Waals surface area contributed by atoms with Crippen LogP contribution >= 0.6 is 0 Å². The van der Waals surface area contributed by atoms with Crippen molar-refractivity contribution in [1.82, 2.24) is 4.90 Å². The second kappa shape index (κ2) is 3.54. The highest BCUT2D eigenvalue weighted by molar-refractivity contribution is 5.31. The van der Waals surface area contributed by atoms with Crippen LogP contribution in [0.5, 0.6) is 0 Å². The molecule has 1 aliphatic carbocycles. The van der Waals surface area contributed by atoms with E-state index in [1.165, 1.54) is 32.4 Å². The Morgan fingerprint density at radius 2 is 1.86 bits per heavy atom. The van der Waals surface area contributed by atoms with Gasteiger partial charge in [-0.1, -0.05) is 23.3 Å². The van der Waals surface area contributed by atoms with Crippen molar-refractivity contribution in [2.24, 2.45) is 5.41 Å². The van der Waals surface area contributed by atoms with Gasteiger partial charge in [-0.25, -0.2) is 0 Å². The van der Waals surface area contributed by atoms with Gasteiger partial charge >= 0.3 is 0 Å². The fourth-order valence-corrected chi connectivity index (χ4v) is 2.72. The van der Waals surface area contributed by atoms with Gasteiger partial charge in [-0.3, -0.25) is 0 Å². The van der Waals surface area contributed by atoms with Gasteiger partial charge in [0.15, 0.2) is 0 Å². The summed E-state index contributed by atoms with van der Waals surface area (Å²) in [5.74, 6) is 0. The molecule has 0 amide bonds. The Morgan fingerprint density at radius 1 is 1.21 bits per heavy atom. The number of piperidine rings is 1. The number of hydrogen-bond acceptors (Lipinski definition) is 1. The molecule has 2 rings (SSSR count). The molecule has 0 atom stereocenters. The van der Waals surface area contributed by atoms with Crippen molar-refractivity contribution in [3.63, 3.8) is 0 Å². The van der Waals surface area contributed by atoms with E-state index < -0.39 is 0 Å². The first-order chi connectivity index (χ1) is 6.64. The number of likely N-dealkylation sites (tertiary alicyclic amines) is 1. The molecule has 0 saturated carbocycles. The number of hydrogen-bond donors (Lipinski definition) is 0. The van der Waals surface area contributed by atoms with Crippen LogP contribution in [0, 0.1) is 5.41 Å². The maximum atomic E-state index is 2.47. The van der Waals surface area contributed by atoms with E-state index in [2.05, 4.69) is 37.9 Å². The van der Waals surface area contributed by atoms with Crippen molar-refractivity contribution >= 4 is 0 Å². The summed E-state index contributed by atoms with van der Waals surface area (Å²) in [6.45, 7) is 7.12. The molecule has 1 heterocycles. The molecule has 0 aromatic rings. The topological polar surface area (TPSA) is 3.24 Å². The lowest BCUT2D eigenvalue weighted by Crippen LogP contribution is -2.38. The Hall–Kier alpha value is -0.560. The first-order valence-electron chi connectivity index (χ1n) is 5.67. The standard InChI is InChI=1S/C13H21N/c1-11-5-4-6-13(12(11)2)7-9-14(3)10-8-13/h4,6H,5,7-10H2,1-3H3. The SMILES string of the molecule is CC1=C(C)C2(C=CC1)CCN(C)CC2. The van der Waals surface area contributed by atoms with Gasteiger partial charge in [0.2, 0.25) is 0 Å². The molecule has 1 spiro atoms. The summed E-state index contributed by atoms with van der Waals surface area (Å²) in [5, 5.41) is 0. The highest BCUT2D eigenvalue weighted by atomic mass is 15.1. The average Bonchev–Trinajstić information content (AvgIpc) is 2.19. The zero-order chi connectivity index (χ0) is 10.2. The van der Waals surface area contributed by atoms with Gasteiger partial charge < -0.3 is 4.90 Å². The molecule has 0 unspecified atom stereocenters. The van der Waals surface area contributed by atoms with Crippen LogP contribution < -0.4 is 0 Å². The third kappa shape index (κ3) is 1.54. The Balaban J connectivity index is 2.23. The summed E-state index contributed by atoms with van der Waals surface area (Å²) in [5.41, 5.74) is 3.67. The monoisotopic (exact) mass is 191 g/mol. The molecule has 0 bridgehead atoms. The van der Waals surface area contributed by atoms with Crippen LogP contribution in [-0.4, -0.2) is 25.0 Å². The van der Waals surface area contributed by atoms with Crippen molar-refractivity contribution in [2.75, 3.05) is 20.1 Å². The van der Waals surface area contributed by atoms with Crippen LogP contribution in [0.1, 0.15) is 33.1 Å². The highest BCUT2D eigenvalue weighted by Gasteiger charge is 2.34. The van der Waals surface area contributed by atoms with Gasteiger partial charge in [-0.2, -0.15) is 0 Å². The van der Waals surface area contributed by atoms with E-state index in [0.29, 0.717) is 5.41 Å². The summed E-state index contributed by atoms with van der Waals surface area (Å²) in [4.78, 5) is 2.44. The average molecular weight is 191 g/mol. The van der Waals surface area contributed by atoms with E-state index >= 15 is 0 Å². The van der Waals surface area contributed by atoms with Crippen molar-refractivity contribution in [3.8, 4) is 0 Å². The molecule has 1 nitrogen and oxygen atoms in total. The lowest BCUT2D eigenvalue weighted by atomic mass is 9.69. The van der Waals surface area contributed by atoms with Crippen LogP contribution in [0.2, 0.25) is 0 Å². The Bertz CT molecular complexity index is 278. The smallest absolute Gasteiger partial charge is 0.0115 e. The number of nitrogens with zero attached hydrogens (tertiary/aromatic N) is 1. The molecule has 1 aliphatic heterocycles. The lowest BCUT2D eigenvalue weighted by molar-refractivity contribution is 0.189. The van der Waals surface area contributed by atoms with Gasteiger partial charge in [-0.15, -0.1) is 0 Å². The molecule has 0 aromatic heterocycles. The van der Waals surface area contributed by atoms with E-state index in [0.717, 1.165) is 0 Å². The van der Waals surface area contributed by atoms with E-state index in [9.17, 15) is 0 Å². The summed E-state index contributed by atoms with van der Waals surface area (Å²) in [7, 11) is 2.23. The maximum absolute atomic E-state index is 2.47. The Morgan fingerprint density at radius 3 is 2.50 bits per heavy atom. The van der Waals surface area contributed by atoms with Crippen molar-refractivity contribution < 1.29 is 0 Å². The minimum atomic E-state index is 0.425. The van der Waals surface area contributed by atoms with Crippen LogP contribution in [-0.2, 0) is 0 Å². The fraction of sp³-hybridized carbons (Fsp3) is 0.692. The third-order valence-corrected chi connectivity index (χ3v) is 4.13. The third-order valence-electron chi connectivity index (χ3n) is 4.13. The summed E-state index contributed by atoms with van der Waals surface area (Å²) < 4.78 is 0. The fourth-order valence-electron chi connectivity index (χ4n) is 2.72. The Labute approximate surface area is 87.5 Å². The number of allylic oxidation sites excluding steroid dienone is 4. The minimum absolute atomic E-state index is 0.425. The largest absolute Gasteiger partial charge is 0.306 e. The lowest BCUT2D eigenvalue weighted by Gasteiger charge is -2.42. The predicted octanol–water partition coefficient (Wildman–Crippen LogP) is 2.99. The zero-order valence-electron chi connectivity index (χ0n) is 9.64. The molecular weight excluding hydrogens is 170 g/mol. The van der Waals surface area contributed by atoms with Gasteiger partial charge in [0.05, 0.1) is 0 Å². The molecule has 14 heavy (non-hydrogen) atoms. The minimum Gasteiger partial charge on any atom is -0.306 e. The van der Waals surface area contributed by atoms with Crippen LogP contribution in [0.3, 0.4) is 0 Å². The van der Waals surface area contributed by atoms with Gasteiger partial charge in [0.25, 0.3) is 0 Å². The molecule has 1 fully saturated rings. The van der Waals surface area contributed by atoms with E-state index in [-0.39, 0.29) is 0 Å². The second-order valence-electron chi connectivity index (χ2n) is 4.97. The molecule has 78 valence electrons. The summed E-state index contributed by atoms with van der Waals surface area (Å²) in [6.07, 6.45) is 8.63. The van der Waals surface area contributed by atoms with E-state index in [1.54, 1.807) is 11.1 Å². The van der Waals surface area contributed by atoms with Gasteiger partial charge in [-0.05, 0) is 53.2 Å². The van der Waals surface area contributed by atoms with E-state index in [1.807, 2.05) is 0 Å². The van der Waals surface area contributed by atoms with Crippen molar-refractivity contribution in [1.29, 1.82) is 0 Å². The molecule has 1 saturated heterocycles. The zero-order valence-corrected chi connectivity index (χ0v) is 9.64. The second-order valence-corrected chi connectivity index (χ2v) is 4.97. The number of rotatable bonds is 0. The molecule has 0 aromatic carbocycles. The van der Waals surface area contributed by atoms with Crippen LogP contribution in [0.15, 0.2) is 23.3 Å². The normalized spacial score (nSPS) is 27.4. The van der Waals surface area contributed by atoms with Crippen LogP contribution in [0.4, 0.5) is 0 Å². The molecule has 0 radical (unpaired) electrons. The highest BCUT2D eigenvalue weighted by Crippen LogP contribution is 2.43. The molecule has 1 heteroatoms.